The molecule has 24 heavy (non-hydrogen) atoms. The van der Waals surface area contributed by atoms with E-state index in [0.29, 0.717) is 11.5 Å². The maximum atomic E-state index is 11.5. The van der Waals surface area contributed by atoms with E-state index in [-0.39, 0.29) is 6.04 Å². The summed E-state index contributed by atoms with van der Waals surface area (Å²) in [6, 6.07) is 17.6. The molecule has 7 heteroatoms. The van der Waals surface area contributed by atoms with Crippen molar-refractivity contribution < 1.29 is 23.5 Å². The van der Waals surface area contributed by atoms with Crippen LogP contribution in [-0.2, 0) is 9.36 Å². The van der Waals surface area contributed by atoms with Crippen LogP contribution in [0.5, 0.6) is 11.5 Å². The van der Waals surface area contributed by atoms with Crippen molar-refractivity contribution in [3.05, 3.63) is 60.7 Å². The number of aliphatic carboxylic acids is 1. The van der Waals surface area contributed by atoms with E-state index in [9.17, 15) is 9.36 Å². The normalized spacial score (nSPS) is 15.8. The Morgan fingerprint density at radius 3 is 1.83 bits per heavy atom. The highest BCUT2D eigenvalue weighted by atomic mass is 31.1. The number of carbonyl (C=O) groups is 1. The van der Waals surface area contributed by atoms with Gasteiger partial charge < -0.3 is 10.4 Å². The molecule has 2 aromatic rings. The molecule has 1 atom stereocenters. The molecular formula is C17H19NO5P+. The van der Waals surface area contributed by atoms with Crippen LogP contribution in [0.25, 0.3) is 0 Å². The van der Waals surface area contributed by atoms with Crippen LogP contribution < -0.4 is 14.4 Å². The summed E-state index contributed by atoms with van der Waals surface area (Å²) in [6.07, 6.45) is 1.78. The molecule has 1 aliphatic rings. The average molecular weight is 348 g/mol. The highest BCUT2D eigenvalue weighted by Crippen LogP contribution is 2.29. The zero-order valence-electron chi connectivity index (χ0n) is 13.0. The van der Waals surface area contributed by atoms with Gasteiger partial charge >= 0.3 is 14.2 Å². The summed E-state index contributed by atoms with van der Waals surface area (Å²) >= 11 is 0. The molecule has 2 N–H and O–H groups in total. The number of benzene rings is 2. The maximum absolute atomic E-state index is 11.5. The predicted octanol–water partition coefficient (Wildman–Crippen LogP) is 3.62. The van der Waals surface area contributed by atoms with Gasteiger partial charge in [-0.15, -0.1) is 0 Å². The predicted molar refractivity (Wildman–Crippen MR) is 90.4 cm³/mol. The quantitative estimate of drug-likeness (QED) is 0.803. The van der Waals surface area contributed by atoms with Gasteiger partial charge in [-0.25, -0.2) is 9.05 Å². The first-order valence-corrected chi connectivity index (χ1v) is 8.64. The summed E-state index contributed by atoms with van der Waals surface area (Å²) < 4.78 is 21.7. The van der Waals surface area contributed by atoms with Gasteiger partial charge in [0.1, 0.15) is 6.04 Å². The molecule has 1 unspecified atom stereocenters. The van der Waals surface area contributed by atoms with Crippen LogP contribution in [-0.4, -0.2) is 23.7 Å². The second-order valence-electron chi connectivity index (χ2n) is 5.02. The molecule has 0 radical (unpaired) electrons. The van der Waals surface area contributed by atoms with Crippen LogP contribution in [0.15, 0.2) is 60.7 Å². The van der Waals surface area contributed by atoms with Gasteiger partial charge in [0.05, 0.1) is 0 Å². The molecule has 2 aromatic carbocycles. The minimum Gasteiger partial charge on any atom is -0.480 e. The van der Waals surface area contributed by atoms with E-state index >= 15 is 0 Å². The molecule has 6 nitrogen and oxygen atoms in total. The van der Waals surface area contributed by atoms with Gasteiger partial charge in [0.15, 0.2) is 11.5 Å². The summed E-state index contributed by atoms with van der Waals surface area (Å²) in [5.74, 6) is 0.335. The van der Waals surface area contributed by atoms with Crippen molar-refractivity contribution >= 4 is 14.2 Å². The highest BCUT2D eigenvalue weighted by Gasteiger charge is 2.23. The van der Waals surface area contributed by atoms with E-state index < -0.39 is 14.2 Å². The molecule has 1 fully saturated rings. The molecule has 1 aliphatic heterocycles. The summed E-state index contributed by atoms with van der Waals surface area (Å²) in [7, 11) is -2.18. The maximum Gasteiger partial charge on any atom is 0.805 e. The Hall–Kier alpha value is -2.43. The van der Waals surface area contributed by atoms with Gasteiger partial charge in [-0.05, 0) is 43.7 Å². The summed E-state index contributed by atoms with van der Waals surface area (Å²) in [4.78, 5) is 10.1. The van der Waals surface area contributed by atoms with E-state index in [4.69, 9.17) is 14.2 Å². The Kier molecular flexibility index (Phi) is 7.21. The second-order valence-corrected chi connectivity index (χ2v) is 5.83. The van der Waals surface area contributed by atoms with Crippen molar-refractivity contribution in [2.75, 3.05) is 6.54 Å². The van der Waals surface area contributed by atoms with E-state index in [1.165, 1.54) is 0 Å². The van der Waals surface area contributed by atoms with Crippen LogP contribution in [0.2, 0.25) is 0 Å². The monoisotopic (exact) mass is 348 g/mol. The summed E-state index contributed by atoms with van der Waals surface area (Å²) in [5.41, 5.74) is 0. The highest BCUT2D eigenvalue weighted by molar-refractivity contribution is 7.34. The molecule has 0 amide bonds. The van der Waals surface area contributed by atoms with Crippen molar-refractivity contribution in [2.24, 2.45) is 0 Å². The first kappa shape index (κ1) is 17.9. The van der Waals surface area contributed by atoms with Gasteiger partial charge in [-0.1, -0.05) is 36.4 Å². The van der Waals surface area contributed by atoms with Gasteiger partial charge in [0.2, 0.25) is 0 Å². The number of nitrogens with one attached hydrogen (secondary N) is 1. The Morgan fingerprint density at radius 1 is 1.00 bits per heavy atom. The smallest absolute Gasteiger partial charge is 0.480 e. The number of hydrogen-bond donors (Lipinski definition) is 2. The lowest BCUT2D eigenvalue weighted by Crippen LogP contribution is -2.29. The van der Waals surface area contributed by atoms with Crippen molar-refractivity contribution in [2.45, 2.75) is 18.9 Å². The average Bonchev–Trinajstić information content (AvgIpc) is 3.12. The fourth-order valence-electron chi connectivity index (χ4n) is 2.05. The topological polar surface area (TPSA) is 84.9 Å². The molecule has 3 rings (SSSR count). The lowest BCUT2D eigenvalue weighted by atomic mass is 10.2. The number of carboxylic acids is 1. The zero-order valence-corrected chi connectivity index (χ0v) is 13.9. The van der Waals surface area contributed by atoms with Gasteiger partial charge in [0, 0.05) is 4.57 Å². The van der Waals surface area contributed by atoms with Crippen molar-refractivity contribution in [1.82, 2.24) is 5.32 Å². The Bertz CT molecular complexity index is 601. The fraction of sp³-hybridized carbons (Fsp3) is 0.235. The lowest BCUT2D eigenvalue weighted by Gasteiger charge is -1.99. The first-order valence-electron chi connectivity index (χ1n) is 7.54. The molecule has 0 saturated carbocycles. The third kappa shape index (κ3) is 6.36. The van der Waals surface area contributed by atoms with Crippen LogP contribution >= 0.6 is 8.25 Å². The fourth-order valence-corrected chi connectivity index (χ4v) is 2.67. The Labute approximate surface area is 141 Å². The summed E-state index contributed by atoms with van der Waals surface area (Å²) in [5, 5.41) is 11.2. The standard InChI is InChI=1S/C12H10O3P.C5H9NO2/c13-16(14-11-7-3-1-4-8-11)15-12-9-5-2-6-10-12;7-5(8)4-2-1-3-6-4/h1-10H;4,6H,1-3H2,(H,7,8)/q+1;. The molecule has 0 aliphatic carbocycles. The molecule has 126 valence electrons. The number of hydrogen-bond acceptors (Lipinski definition) is 5. The third-order valence-electron chi connectivity index (χ3n) is 3.20. The molecule has 0 spiro atoms. The van der Waals surface area contributed by atoms with Gasteiger partial charge in [-0.2, -0.15) is 0 Å². The Morgan fingerprint density at radius 2 is 1.50 bits per heavy atom. The van der Waals surface area contributed by atoms with Crippen LogP contribution in [0.3, 0.4) is 0 Å². The van der Waals surface area contributed by atoms with Crippen LogP contribution in [0.1, 0.15) is 12.8 Å². The molecule has 0 aromatic heterocycles. The number of carboxylic acid groups (broad SMARTS) is 1. The molecule has 1 saturated heterocycles. The van der Waals surface area contributed by atoms with Crippen LogP contribution in [0, 0.1) is 0 Å². The van der Waals surface area contributed by atoms with E-state index in [0.717, 1.165) is 19.4 Å². The first-order chi connectivity index (χ1) is 11.6. The van der Waals surface area contributed by atoms with Gasteiger partial charge in [0.25, 0.3) is 0 Å². The molecule has 0 bridgehead atoms. The lowest BCUT2D eigenvalue weighted by molar-refractivity contribution is -0.139. The number of para-hydroxylation sites is 2. The number of rotatable bonds is 5. The van der Waals surface area contributed by atoms with Crippen molar-refractivity contribution in [1.29, 1.82) is 0 Å². The molecule has 1 heterocycles. The zero-order chi connectivity index (χ0) is 17.2. The summed E-state index contributed by atoms with van der Waals surface area (Å²) in [6.45, 7) is 0.858. The van der Waals surface area contributed by atoms with E-state index in [1.807, 2.05) is 12.1 Å². The van der Waals surface area contributed by atoms with E-state index in [1.54, 1.807) is 48.5 Å². The minimum atomic E-state index is -2.18. The SMILES string of the molecule is O=C(O)C1CCCN1.O=[P+](Oc1ccccc1)Oc1ccccc1. The second kappa shape index (κ2) is 9.65. The van der Waals surface area contributed by atoms with Crippen molar-refractivity contribution in [3.63, 3.8) is 0 Å². The van der Waals surface area contributed by atoms with Crippen LogP contribution in [0.4, 0.5) is 0 Å². The third-order valence-corrected chi connectivity index (χ3v) is 3.92. The molecular weight excluding hydrogens is 329 g/mol. The minimum absolute atomic E-state index is 0.269. The van der Waals surface area contributed by atoms with Crippen molar-refractivity contribution in [3.8, 4) is 11.5 Å². The van der Waals surface area contributed by atoms with Gasteiger partial charge in [-0.3, -0.25) is 4.79 Å². The van der Waals surface area contributed by atoms with E-state index in [2.05, 4.69) is 5.32 Å². The largest absolute Gasteiger partial charge is 0.805 e. The Balaban J connectivity index is 0.000000219.